The van der Waals surface area contributed by atoms with Crippen LogP contribution in [-0.2, 0) is 14.6 Å². The van der Waals surface area contributed by atoms with Gasteiger partial charge in [0.1, 0.15) is 0 Å². The molecule has 0 aliphatic heterocycles. The Balaban J connectivity index is 2.15. The Hall–Kier alpha value is -0.130. The number of ether oxygens (including phenoxy) is 1. The molecule has 17 heavy (non-hydrogen) atoms. The van der Waals surface area contributed by atoms with E-state index in [1.54, 1.807) is 7.11 Å². The minimum atomic E-state index is -2.85. The zero-order chi connectivity index (χ0) is 12.6. The molecule has 0 aromatic carbocycles. The minimum absolute atomic E-state index is 0.0600. The Bertz CT molecular complexity index is 284. The van der Waals surface area contributed by atoms with E-state index in [-0.39, 0.29) is 5.25 Å². The number of nitrogens with one attached hydrogen (secondary N) is 1. The van der Waals surface area contributed by atoms with Gasteiger partial charge in [0.2, 0.25) is 0 Å². The summed E-state index contributed by atoms with van der Waals surface area (Å²) in [5.41, 5.74) is 0. The zero-order valence-electron chi connectivity index (χ0n) is 10.8. The van der Waals surface area contributed by atoms with Gasteiger partial charge in [-0.1, -0.05) is 19.3 Å². The first-order valence-corrected chi connectivity index (χ1v) is 8.29. The molecular weight excluding hydrogens is 238 g/mol. The molecule has 1 aliphatic rings. The Morgan fingerprint density at radius 2 is 1.88 bits per heavy atom. The molecule has 0 aromatic heterocycles. The van der Waals surface area contributed by atoms with E-state index >= 15 is 0 Å². The summed E-state index contributed by atoms with van der Waals surface area (Å²) < 4.78 is 28.9. The molecule has 0 aromatic rings. The second-order valence-electron chi connectivity index (χ2n) is 4.72. The molecule has 0 amide bonds. The molecule has 0 heterocycles. The maximum Gasteiger partial charge on any atom is 0.153 e. The van der Waals surface area contributed by atoms with E-state index in [4.69, 9.17) is 4.74 Å². The lowest BCUT2D eigenvalue weighted by molar-refractivity contribution is 0.199. The van der Waals surface area contributed by atoms with Crippen molar-refractivity contribution in [3.05, 3.63) is 0 Å². The summed E-state index contributed by atoms with van der Waals surface area (Å²) in [5.74, 6) is 0.331. The zero-order valence-corrected chi connectivity index (χ0v) is 11.6. The van der Waals surface area contributed by atoms with Crippen molar-refractivity contribution in [2.45, 2.75) is 43.8 Å². The van der Waals surface area contributed by atoms with Crippen LogP contribution in [0.1, 0.15) is 38.5 Å². The highest BCUT2D eigenvalue weighted by atomic mass is 32.2. The average molecular weight is 263 g/mol. The van der Waals surface area contributed by atoms with Gasteiger partial charge in [-0.05, 0) is 25.8 Å². The molecular formula is C12H25NO3S. The normalized spacial score (nSPS) is 18.4. The molecule has 0 atom stereocenters. The van der Waals surface area contributed by atoms with E-state index in [0.717, 1.165) is 38.8 Å². The van der Waals surface area contributed by atoms with Crippen LogP contribution in [0.3, 0.4) is 0 Å². The van der Waals surface area contributed by atoms with Crippen molar-refractivity contribution in [2.75, 3.05) is 32.6 Å². The molecule has 5 heteroatoms. The Labute approximate surface area is 105 Å². The standard InChI is InChI=1S/C12H25NO3S/c1-16-10-9-13-8-5-11-17(14,15)12-6-3-2-4-7-12/h12-13H,2-11H2,1H3. The van der Waals surface area contributed by atoms with E-state index in [1.165, 1.54) is 6.42 Å². The highest BCUT2D eigenvalue weighted by molar-refractivity contribution is 7.92. The van der Waals surface area contributed by atoms with Gasteiger partial charge in [0.25, 0.3) is 0 Å². The molecule has 0 radical (unpaired) electrons. The van der Waals surface area contributed by atoms with Crippen molar-refractivity contribution in [1.29, 1.82) is 0 Å². The summed E-state index contributed by atoms with van der Waals surface area (Å²) in [4.78, 5) is 0. The van der Waals surface area contributed by atoms with E-state index in [2.05, 4.69) is 5.32 Å². The van der Waals surface area contributed by atoms with Gasteiger partial charge < -0.3 is 10.1 Å². The maximum absolute atomic E-state index is 12.0. The highest BCUT2D eigenvalue weighted by Gasteiger charge is 2.26. The Kier molecular flexibility index (Phi) is 7.08. The van der Waals surface area contributed by atoms with Crippen LogP contribution in [0.5, 0.6) is 0 Å². The molecule has 0 saturated heterocycles. The van der Waals surface area contributed by atoms with Gasteiger partial charge in [0, 0.05) is 13.7 Å². The van der Waals surface area contributed by atoms with E-state index in [9.17, 15) is 8.42 Å². The lowest BCUT2D eigenvalue weighted by Gasteiger charge is -2.21. The largest absolute Gasteiger partial charge is 0.383 e. The van der Waals surface area contributed by atoms with Gasteiger partial charge in [-0.2, -0.15) is 0 Å². The number of hydrogen-bond acceptors (Lipinski definition) is 4. The maximum atomic E-state index is 12.0. The quantitative estimate of drug-likeness (QED) is 0.672. The smallest absolute Gasteiger partial charge is 0.153 e. The van der Waals surface area contributed by atoms with Gasteiger partial charge >= 0.3 is 0 Å². The lowest BCUT2D eigenvalue weighted by atomic mass is 10.0. The van der Waals surface area contributed by atoms with E-state index in [1.807, 2.05) is 0 Å². The van der Waals surface area contributed by atoms with E-state index in [0.29, 0.717) is 18.8 Å². The van der Waals surface area contributed by atoms with Crippen LogP contribution >= 0.6 is 0 Å². The number of hydrogen-bond donors (Lipinski definition) is 1. The molecule has 1 fully saturated rings. The lowest BCUT2D eigenvalue weighted by Crippen LogP contribution is -2.28. The third-order valence-electron chi connectivity index (χ3n) is 3.33. The highest BCUT2D eigenvalue weighted by Crippen LogP contribution is 2.24. The predicted molar refractivity (Wildman–Crippen MR) is 70.0 cm³/mol. The second-order valence-corrected chi connectivity index (χ2v) is 7.12. The van der Waals surface area contributed by atoms with Crippen molar-refractivity contribution < 1.29 is 13.2 Å². The van der Waals surface area contributed by atoms with Crippen molar-refractivity contribution in [1.82, 2.24) is 5.32 Å². The van der Waals surface area contributed by atoms with Crippen LogP contribution in [0.4, 0.5) is 0 Å². The Morgan fingerprint density at radius 3 is 2.53 bits per heavy atom. The van der Waals surface area contributed by atoms with Crippen LogP contribution in [0.2, 0.25) is 0 Å². The summed E-state index contributed by atoms with van der Waals surface area (Å²) in [6.07, 6.45) is 5.82. The van der Waals surface area contributed by atoms with Crippen LogP contribution in [0.25, 0.3) is 0 Å². The molecule has 0 bridgehead atoms. The van der Waals surface area contributed by atoms with Gasteiger partial charge in [-0.15, -0.1) is 0 Å². The molecule has 1 saturated carbocycles. The van der Waals surface area contributed by atoms with Gasteiger partial charge in [-0.25, -0.2) is 8.42 Å². The number of sulfone groups is 1. The van der Waals surface area contributed by atoms with Crippen molar-refractivity contribution >= 4 is 9.84 Å². The van der Waals surface area contributed by atoms with Crippen LogP contribution < -0.4 is 5.32 Å². The SMILES string of the molecule is COCCNCCCS(=O)(=O)C1CCCCC1. The average Bonchev–Trinajstić information content (AvgIpc) is 2.35. The second kappa shape index (κ2) is 8.06. The number of rotatable bonds is 8. The molecule has 102 valence electrons. The first-order valence-electron chi connectivity index (χ1n) is 6.58. The minimum Gasteiger partial charge on any atom is -0.383 e. The van der Waals surface area contributed by atoms with Crippen LogP contribution in [0, 0.1) is 0 Å². The molecule has 1 rings (SSSR count). The van der Waals surface area contributed by atoms with E-state index < -0.39 is 9.84 Å². The summed E-state index contributed by atoms with van der Waals surface area (Å²) in [6, 6.07) is 0. The van der Waals surface area contributed by atoms with Crippen LogP contribution in [-0.4, -0.2) is 46.2 Å². The predicted octanol–water partition coefficient (Wildman–Crippen LogP) is 1.36. The van der Waals surface area contributed by atoms with Crippen molar-refractivity contribution in [3.63, 3.8) is 0 Å². The molecule has 4 nitrogen and oxygen atoms in total. The number of methoxy groups -OCH3 is 1. The summed E-state index contributed by atoms with van der Waals surface area (Å²) in [5, 5.41) is 3.11. The molecule has 0 spiro atoms. The van der Waals surface area contributed by atoms with Gasteiger partial charge in [0.05, 0.1) is 17.6 Å². The van der Waals surface area contributed by atoms with Crippen molar-refractivity contribution in [2.24, 2.45) is 0 Å². The third kappa shape index (κ3) is 5.84. The van der Waals surface area contributed by atoms with Crippen molar-refractivity contribution in [3.8, 4) is 0 Å². The summed E-state index contributed by atoms with van der Waals surface area (Å²) in [7, 11) is -1.19. The first kappa shape index (κ1) is 14.9. The first-order chi connectivity index (χ1) is 8.17. The Morgan fingerprint density at radius 1 is 1.18 bits per heavy atom. The van der Waals surface area contributed by atoms with Crippen LogP contribution in [0.15, 0.2) is 0 Å². The molecule has 1 aliphatic carbocycles. The fourth-order valence-corrected chi connectivity index (χ4v) is 4.22. The summed E-state index contributed by atoms with van der Waals surface area (Å²) in [6.45, 7) is 2.23. The monoisotopic (exact) mass is 263 g/mol. The fourth-order valence-electron chi connectivity index (χ4n) is 2.29. The summed E-state index contributed by atoms with van der Waals surface area (Å²) >= 11 is 0. The molecule has 0 unspecified atom stereocenters. The van der Waals surface area contributed by atoms with Gasteiger partial charge in [0.15, 0.2) is 9.84 Å². The van der Waals surface area contributed by atoms with Gasteiger partial charge in [-0.3, -0.25) is 0 Å². The fraction of sp³-hybridized carbons (Fsp3) is 1.00. The third-order valence-corrected chi connectivity index (χ3v) is 5.67. The topological polar surface area (TPSA) is 55.4 Å². The molecule has 1 N–H and O–H groups in total.